The Morgan fingerprint density at radius 3 is 2.52 bits per heavy atom. The lowest BCUT2D eigenvalue weighted by atomic mass is 10.3. The van der Waals surface area contributed by atoms with Gasteiger partial charge in [-0.15, -0.1) is 5.11 Å². The molecule has 126 valence electrons. The van der Waals surface area contributed by atoms with Crippen LogP contribution in [0.3, 0.4) is 0 Å². The predicted molar refractivity (Wildman–Crippen MR) is 93.4 cm³/mol. The van der Waals surface area contributed by atoms with Crippen molar-refractivity contribution in [3.05, 3.63) is 79.7 Å². The first-order valence-corrected chi connectivity index (χ1v) is 7.57. The highest BCUT2D eigenvalue weighted by molar-refractivity contribution is 6.30. The van der Waals surface area contributed by atoms with Crippen LogP contribution in [0.4, 0.5) is 17.1 Å². The molecule has 0 fully saturated rings. The lowest BCUT2D eigenvalue weighted by Crippen LogP contribution is -2.13. The van der Waals surface area contributed by atoms with Crippen LogP contribution in [0.2, 0.25) is 5.02 Å². The van der Waals surface area contributed by atoms with E-state index in [1.807, 2.05) is 0 Å². The van der Waals surface area contributed by atoms with Crippen molar-refractivity contribution < 1.29 is 4.92 Å². The number of H-pyrrole nitrogens is 1. The van der Waals surface area contributed by atoms with Gasteiger partial charge in [0, 0.05) is 17.2 Å². The summed E-state index contributed by atoms with van der Waals surface area (Å²) < 4.78 is 1.32. The summed E-state index contributed by atoms with van der Waals surface area (Å²) in [6.45, 7) is 1.70. The number of halogens is 1. The number of nitrogens with one attached hydrogen (secondary N) is 1. The van der Waals surface area contributed by atoms with Gasteiger partial charge in [-0.25, -0.2) is 4.68 Å². The third kappa shape index (κ3) is 3.48. The molecule has 0 saturated carbocycles. The smallest absolute Gasteiger partial charge is 0.293 e. The maximum atomic E-state index is 12.5. The molecule has 1 heterocycles. The van der Waals surface area contributed by atoms with Gasteiger partial charge in [-0.2, -0.15) is 5.11 Å². The molecule has 0 bridgehead atoms. The fourth-order valence-corrected chi connectivity index (χ4v) is 2.39. The number of hydrogen-bond donors (Lipinski definition) is 1. The summed E-state index contributed by atoms with van der Waals surface area (Å²) in [5.74, 6) is 0. The van der Waals surface area contributed by atoms with Crippen molar-refractivity contribution in [2.24, 2.45) is 10.2 Å². The molecule has 2 aromatic carbocycles. The minimum Gasteiger partial charge on any atom is -0.293 e. The number of aromatic nitrogens is 2. The van der Waals surface area contributed by atoms with Crippen molar-refractivity contribution in [2.45, 2.75) is 6.92 Å². The fraction of sp³-hybridized carbons (Fsp3) is 0.0625. The van der Waals surface area contributed by atoms with Crippen molar-refractivity contribution in [2.75, 3.05) is 0 Å². The molecule has 3 aromatic rings. The van der Waals surface area contributed by atoms with E-state index in [-0.39, 0.29) is 16.9 Å². The third-order valence-electron chi connectivity index (χ3n) is 3.43. The molecule has 25 heavy (non-hydrogen) atoms. The monoisotopic (exact) mass is 357 g/mol. The zero-order valence-corrected chi connectivity index (χ0v) is 13.8. The second-order valence-corrected chi connectivity index (χ2v) is 5.62. The average Bonchev–Trinajstić information content (AvgIpc) is 2.88. The molecular formula is C16H12ClN5O3. The number of nitro groups is 1. The van der Waals surface area contributed by atoms with Crippen LogP contribution in [0.5, 0.6) is 0 Å². The highest BCUT2D eigenvalue weighted by atomic mass is 35.5. The zero-order chi connectivity index (χ0) is 18.0. The largest absolute Gasteiger partial charge is 0.299 e. The predicted octanol–water partition coefficient (Wildman–Crippen LogP) is 4.45. The van der Waals surface area contributed by atoms with E-state index in [0.29, 0.717) is 22.1 Å². The van der Waals surface area contributed by atoms with Crippen molar-refractivity contribution >= 4 is 28.7 Å². The van der Waals surface area contributed by atoms with E-state index < -0.39 is 4.92 Å². The topological polar surface area (TPSA) is 106 Å². The lowest BCUT2D eigenvalue weighted by molar-refractivity contribution is -0.384. The van der Waals surface area contributed by atoms with E-state index in [1.165, 1.54) is 28.9 Å². The summed E-state index contributed by atoms with van der Waals surface area (Å²) in [6.07, 6.45) is 0. The number of aromatic amines is 1. The first-order valence-electron chi connectivity index (χ1n) is 7.19. The van der Waals surface area contributed by atoms with Crippen LogP contribution in [0, 0.1) is 17.0 Å². The Labute approximate surface area is 146 Å². The van der Waals surface area contributed by atoms with Gasteiger partial charge in [0.1, 0.15) is 0 Å². The number of rotatable bonds is 4. The maximum absolute atomic E-state index is 12.5. The molecule has 0 unspecified atom stereocenters. The summed E-state index contributed by atoms with van der Waals surface area (Å²) in [5.41, 5.74) is 1.26. The lowest BCUT2D eigenvalue weighted by Gasteiger charge is -2.00. The van der Waals surface area contributed by atoms with Crippen LogP contribution < -0.4 is 5.56 Å². The molecule has 0 amide bonds. The fourth-order valence-electron chi connectivity index (χ4n) is 2.20. The van der Waals surface area contributed by atoms with Gasteiger partial charge in [0.25, 0.3) is 11.2 Å². The van der Waals surface area contributed by atoms with Gasteiger partial charge in [0.05, 0.1) is 22.0 Å². The van der Waals surface area contributed by atoms with Gasteiger partial charge in [0.2, 0.25) is 0 Å². The van der Waals surface area contributed by atoms with Gasteiger partial charge in [0.15, 0.2) is 5.69 Å². The minimum atomic E-state index is -0.499. The number of aryl methyl sites for hydroxylation is 1. The molecule has 1 aromatic heterocycles. The summed E-state index contributed by atoms with van der Waals surface area (Å²) in [5, 5.41) is 22.0. The molecule has 8 nitrogen and oxygen atoms in total. The van der Waals surface area contributed by atoms with Crippen LogP contribution in [0.1, 0.15) is 5.69 Å². The van der Waals surface area contributed by atoms with Crippen molar-refractivity contribution in [3.8, 4) is 5.69 Å². The molecule has 0 saturated heterocycles. The van der Waals surface area contributed by atoms with E-state index in [1.54, 1.807) is 31.2 Å². The second-order valence-electron chi connectivity index (χ2n) is 5.18. The average molecular weight is 358 g/mol. The van der Waals surface area contributed by atoms with Gasteiger partial charge in [-0.1, -0.05) is 17.7 Å². The van der Waals surface area contributed by atoms with Crippen molar-refractivity contribution in [1.82, 2.24) is 9.78 Å². The quantitative estimate of drug-likeness (QED) is 0.423. The van der Waals surface area contributed by atoms with Gasteiger partial charge in [-0.05, 0) is 37.3 Å². The van der Waals surface area contributed by atoms with Crippen LogP contribution in [-0.2, 0) is 0 Å². The molecular weight excluding hydrogens is 346 g/mol. The second kappa shape index (κ2) is 6.70. The van der Waals surface area contributed by atoms with E-state index in [2.05, 4.69) is 15.3 Å². The third-order valence-corrected chi connectivity index (χ3v) is 3.67. The molecule has 0 atom stereocenters. The Hall–Kier alpha value is -3.26. The maximum Gasteiger partial charge on any atom is 0.299 e. The molecule has 9 heteroatoms. The highest BCUT2D eigenvalue weighted by Crippen LogP contribution is 2.22. The standard InChI is InChI=1S/C16H12ClN5O3/c1-10-15(19-18-12-5-7-13(8-6-12)22(24)25)16(23)21(20-10)14-4-2-3-11(17)9-14/h2-9,20H,1H3. The van der Waals surface area contributed by atoms with E-state index >= 15 is 0 Å². The molecule has 0 spiro atoms. The van der Waals surface area contributed by atoms with E-state index in [9.17, 15) is 14.9 Å². The number of azo groups is 1. The molecule has 0 aliphatic rings. The molecule has 0 radical (unpaired) electrons. The Balaban J connectivity index is 1.93. The van der Waals surface area contributed by atoms with E-state index in [0.717, 1.165) is 0 Å². The number of nitrogens with zero attached hydrogens (tertiary/aromatic N) is 4. The summed E-state index contributed by atoms with van der Waals surface area (Å²) in [7, 11) is 0. The van der Waals surface area contributed by atoms with Crippen LogP contribution in [0.25, 0.3) is 5.69 Å². The Kier molecular flexibility index (Phi) is 4.44. The number of benzene rings is 2. The number of non-ortho nitro benzene ring substituents is 1. The Bertz CT molecular complexity index is 1020. The minimum absolute atomic E-state index is 0.0416. The molecule has 0 aliphatic carbocycles. The summed E-state index contributed by atoms with van der Waals surface area (Å²) in [6, 6.07) is 12.4. The normalized spacial score (nSPS) is 11.1. The summed E-state index contributed by atoms with van der Waals surface area (Å²) >= 11 is 5.95. The van der Waals surface area contributed by atoms with Crippen molar-refractivity contribution in [1.29, 1.82) is 0 Å². The van der Waals surface area contributed by atoms with Gasteiger partial charge in [-0.3, -0.25) is 20.0 Å². The Morgan fingerprint density at radius 2 is 1.88 bits per heavy atom. The number of nitro benzene ring substituents is 1. The van der Waals surface area contributed by atoms with Gasteiger partial charge < -0.3 is 0 Å². The van der Waals surface area contributed by atoms with Crippen LogP contribution in [0.15, 0.2) is 63.6 Å². The molecule has 0 aliphatic heterocycles. The number of hydrogen-bond acceptors (Lipinski definition) is 5. The van der Waals surface area contributed by atoms with E-state index in [4.69, 9.17) is 11.6 Å². The first-order chi connectivity index (χ1) is 12.0. The molecule has 3 rings (SSSR count). The van der Waals surface area contributed by atoms with Crippen molar-refractivity contribution in [3.63, 3.8) is 0 Å². The SMILES string of the molecule is Cc1[nH]n(-c2cccc(Cl)c2)c(=O)c1N=Nc1ccc([N+](=O)[O-])cc1. The molecule has 1 N–H and O–H groups in total. The Morgan fingerprint density at radius 1 is 1.16 bits per heavy atom. The zero-order valence-electron chi connectivity index (χ0n) is 13.0. The van der Waals surface area contributed by atoms with Crippen LogP contribution >= 0.6 is 11.6 Å². The van der Waals surface area contributed by atoms with Crippen LogP contribution in [-0.4, -0.2) is 14.7 Å². The van der Waals surface area contributed by atoms with Gasteiger partial charge >= 0.3 is 0 Å². The summed E-state index contributed by atoms with van der Waals surface area (Å²) in [4.78, 5) is 22.6. The highest BCUT2D eigenvalue weighted by Gasteiger charge is 2.12. The first kappa shape index (κ1) is 16.6.